The van der Waals surface area contributed by atoms with E-state index in [0.29, 0.717) is 35.6 Å². The van der Waals surface area contributed by atoms with E-state index < -0.39 is 22.0 Å². The number of nitrogens with one attached hydrogen (secondary N) is 2. The molecule has 0 bridgehead atoms. The maximum absolute atomic E-state index is 12.1. The van der Waals surface area contributed by atoms with Crippen molar-refractivity contribution >= 4 is 43.7 Å². The molecule has 174 valence electrons. The van der Waals surface area contributed by atoms with E-state index in [1.807, 2.05) is 32.0 Å². The van der Waals surface area contributed by atoms with Gasteiger partial charge in [-0.25, -0.2) is 23.1 Å². The highest BCUT2D eigenvalue weighted by molar-refractivity contribution is 7.88. The minimum absolute atomic E-state index is 0.0304. The number of nitrogens with two attached hydrogens (primary N) is 2. The number of nitrogens with zero attached hydrogens (tertiary/aromatic N) is 2. The highest BCUT2D eigenvalue weighted by Crippen LogP contribution is 2.30. The van der Waals surface area contributed by atoms with Crippen molar-refractivity contribution < 1.29 is 17.9 Å². The van der Waals surface area contributed by atoms with Crippen LogP contribution in [0, 0.1) is 5.92 Å². The van der Waals surface area contributed by atoms with Gasteiger partial charge in [0.15, 0.2) is 0 Å². The number of fused-ring (bicyclic) bond motifs is 3. The number of H-pyrrole nitrogens is 1. The number of aromatic nitrogens is 3. The highest BCUT2D eigenvalue weighted by atomic mass is 32.2. The highest BCUT2D eigenvalue weighted by Gasteiger charge is 2.20. The molecule has 0 saturated heterocycles. The first kappa shape index (κ1) is 23.9. The normalized spacial score (nSPS) is 13.2. The van der Waals surface area contributed by atoms with Crippen LogP contribution in [0.1, 0.15) is 38.1 Å². The van der Waals surface area contributed by atoms with Gasteiger partial charge in [0.25, 0.3) is 0 Å². The monoisotopic (exact) mass is 462 g/mol. The number of anilines is 1. The number of carbonyl (C=O) groups excluding carboxylic acids is 1. The van der Waals surface area contributed by atoms with E-state index in [-0.39, 0.29) is 12.5 Å². The summed E-state index contributed by atoms with van der Waals surface area (Å²) in [5, 5.41) is 0.875. The lowest BCUT2D eigenvalue weighted by Gasteiger charge is -2.13. The van der Waals surface area contributed by atoms with Gasteiger partial charge in [0.05, 0.1) is 11.8 Å². The van der Waals surface area contributed by atoms with Crippen LogP contribution in [0.25, 0.3) is 21.9 Å². The Hall–Kier alpha value is -2.76. The summed E-state index contributed by atoms with van der Waals surface area (Å²) in [4.78, 5) is 24.3. The summed E-state index contributed by atoms with van der Waals surface area (Å²) in [6.45, 7) is 4.05. The lowest BCUT2D eigenvalue weighted by molar-refractivity contribution is -0.147. The van der Waals surface area contributed by atoms with Crippen LogP contribution in [0.15, 0.2) is 18.2 Å². The molecule has 1 atom stereocenters. The number of rotatable bonds is 10. The summed E-state index contributed by atoms with van der Waals surface area (Å²) in [6.07, 6.45) is 3.36. The SMILES string of the molecule is CC(C)[C@H](N)C(=O)OCc1nc2c([nH]1)c(N)nc1cccc(CCCCNS(C)(=O)=O)c12. The predicted molar refractivity (Wildman–Crippen MR) is 124 cm³/mol. The number of nitrogen functional groups attached to an aromatic ring is 1. The lowest BCUT2D eigenvalue weighted by Crippen LogP contribution is -2.36. The zero-order valence-electron chi connectivity index (χ0n) is 18.5. The molecule has 0 amide bonds. The van der Waals surface area contributed by atoms with Crippen molar-refractivity contribution in [1.29, 1.82) is 0 Å². The van der Waals surface area contributed by atoms with Crippen molar-refractivity contribution in [3.05, 3.63) is 29.6 Å². The van der Waals surface area contributed by atoms with Gasteiger partial charge in [0.1, 0.15) is 35.3 Å². The Morgan fingerprint density at radius 1 is 1.25 bits per heavy atom. The van der Waals surface area contributed by atoms with Gasteiger partial charge in [-0.1, -0.05) is 26.0 Å². The molecule has 3 aromatic rings. The van der Waals surface area contributed by atoms with Crippen LogP contribution in [-0.2, 0) is 32.6 Å². The number of benzene rings is 1. The van der Waals surface area contributed by atoms with Gasteiger partial charge in [-0.3, -0.25) is 4.79 Å². The number of hydrogen-bond donors (Lipinski definition) is 4. The fourth-order valence-electron chi connectivity index (χ4n) is 3.41. The maximum Gasteiger partial charge on any atom is 0.323 e. The van der Waals surface area contributed by atoms with Gasteiger partial charge < -0.3 is 21.2 Å². The molecule has 0 aliphatic rings. The number of esters is 1. The van der Waals surface area contributed by atoms with E-state index in [1.54, 1.807) is 0 Å². The van der Waals surface area contributed by atoms with Gasteiger partial charge in [-0.05, 0) is 36.8 Å². The Kier molecular flexibility index (Phi) is 7.32. The molecule has 0 unspecified atom stereocenters. The zero-order valence-corrected chi connectivity index (χ0v) is 19.3. The average molecular weight is 463 g/mol. The molecular weight excluding hydrogens is 432 g/mol. The number of hydrogen-bond acceptors (Lipinski definition) is 8. The van der Waals surface area contributed by atoms with Crippen molar-refractivity contribution in [1.82, 2.24) is 19.7 Å². The van der Waals surface area contributed by atoms with E-state index >= 15 is 0 Å². The van der Waals surface area contributed by atoms with E-state index in [2.05, 4.69) is 19.7 Å². The minimum atomic E-state index is -3.19. The van der Waals surface area contributed by atoms with Crippen LogP contribution < -0.4 is 16.2 Å². The number of ether oxygens (including phenoxy) is 1. The van der Waals surface area contributed by atoms with E-state index in [4.69, 9.17) is 16.2 Å². The number of imidazole rings is 1. The van der Waals surface area contributed by atoms with E-state index in [9.17, 15) is 13.2 Å². The molecule has 32 heavy (non-hydrogen) atoms. The Morgan fingerprint density at radius 2 is 2.00 bits per heavy atom. The fraction of sp³-hybridized carbons (Fsp3) is 0.476. The third-order valence-electron chi connectivity index (χ3n) is 5.19. The number of sulfonamides is 1. The average Bonchev–Trinajstić information content (AvgIpc) is 3.15. The standard InChI is InChI=1S/C21H30N6O4S/c1-12(2)17(22)21(28)31-11-15-26-18-16-13(7-4-5-10-24-32(3,29)30)8-6-9-14(16)25-20(23)19(18)27-15/h6,8-9,12,17,24H,4-5,7,10-11,22H2,1-3H3,(H2,23,25)(H,26,27)/t17-/m0/s1. The molecular formula is C21H30N6O4S. The second kappa shape index (κ2) is 9.80. The predicted octanol–water partition coefficient (Wildman–Crippen LogP) is 1.59. The van der Waals surface area contributed by atoms with Crippen molar-refractivity contribution in [2.75, 3.05) is 18.5 Å². The van der Waals surface area contributed by atoms with Crippen LogP contribution in [0.4, 0.5) is 5.82 Å². The fourth-order valence-corrected chi connectivity index (χ4v) is 3.93. The topological polar surface area (TPSA) is 166 Å². The molecule has 3 rings (SSSR count). The van der Waals surface area contributed by atoms with Crippen LogP contribution in [0.2, 0.25) is 0 Å². The van der Waals surface area contributed by atoms with Crippen LogP contribution >= 0.6 is 0 Å². The Balaban J connectivity index is 1.83. The van der Waals surface area contributed by atoms with Crippen LogP contribution in [0.5, 0.6) is 0 Å². The number of unbranched alkanes of at least 4 members (excludes halogenated alkanes) is 1. The Morgan fingerprint density at radius 3 is 2.69 bits per heavy atom. The molecule has 2 heterocycles. The molecule has 0 radical (unpaired) electrons. The first-order valence-corrected chi connectivity index (χ1v) is 12.4. The molecule has 6 N–H and O–H groups in total. The number of carbonyl (C=O) groups is 1. The largest absolute Gasteiger partial charge is 0.456 e. The maximum atomic E-state index is 12.1. The molecule has 11 heteroatoms. The Labute approximate surface area is 187 Å². The van der Waals surface area contributed by atoms with Crippen LogP contribution in [0.3, 0.4) is 0 Å². The molecule has 2 aromatic heterocycles. The zero-order chi connectivity index (χ0) is 23.5. The summed E-state index contributed by atoms with van der Waals surface area (Å²) < 4.78 is 30.2. The van der Waals surface area contributed by atoms with Gasteiger partial charge in [0.2, 0.25) is 10.0 Å². The first-order valence-electron chi connectivity index (χ1n) is 10.5. The molecule has 10 nitrogen and oxygen atoms in total. The summed E-state index contributed by atoms with van der Waals surface area (Å²) >= 11 is 0. The summed E-state index contributed by atoms with van der Waals surface area (Å²) in [5.41, 5.74) is 15.0. The second-order valence-electron chi connectivity index (χ2n) is 8.22. The number of aryl methyl sites for hydroxylation is 1. The lowest BCUT2D eigenvalue weighted by atomic mass is 10.0. The third-order valence-corrected chi connectivity index (χ3v) is 5.92. The van der Waals surface area contributed by atoms with Crippen molar-refractivity contribution in [2.45, 2.75) is 45.8 Å². The molecule has 0 aliphatic carbocycles. The molecule has 0 aliphatic heterocycles. The molecule has 0 saturated carbocycles. The molecule has 0 fully saturated rings. The quantitative estimate of drug-likeness (QED) is 0.260. The Bertz CT molecular complexity index is 1220. The van der Waals surface area contributed by atoms with Gasteiger partial charge in [-0.2, -0.15) is 0 Å². The summed E-state index contributed by atoms with van der Waals surface area (Å²) in [6, 6.07) is 5.08. The smallest absolute Gasteiger partial charge is 0.323 e. The summed E-state index contributed by atoms with van der Waals surface area (Å²) in [5.74, 6) is 0.250. The van der Waals surface area contributed by atoms with Gasteiger partial charge in [-0.15, -0.1) is 0 Å². The second-order valence-corrected chi connectivity index (χ2v) is 10.0. The minimum Gasteiger partial charge on any atom is -0.456 e. The summed E-state index contributed by atoms with van der Waals surface area (Å²) in [7, 11) is -3.19. The van der Waals surface area contributed by atoms with E-state index in [0.717, 1.165) is 35.6 Å². The van der Waals surface area contributed by atoms with Gasteiger partial charge >= 0.3 is 5.97 Å². The van der Waals surface area contributed by atoms with Crippen molar-refractivity contribution in [3.8, 4) is 0 Å². The van der Waals surface area contributed by atoms with Gasteiger partial charge in [0, 0.05) is 11.9 Å². The molecule has 1 aromatic carbocycles. The third kappa shape index (κ3) is 5.72. The number of aromatic amines is 1. The van der Waals surface area contributed by atoms with Crippen molar-refractivity contribution in [3.63, 3.8) is 0 Å². The van der Waals surface area contributed by atoms with Crippen molar-refractivity contribution in [2.24, 2.45) is 11.7 Å². The number of pyridine rings is 1. The first-order chi connectivity index (χ1) is 15.1. The van der Waals surface area contributed by atoms with E-state index in [1.165, 1.54) is 0 Å². The molecule has 0 spiro atoms. The van der Waals surface area contributed by atoms with Crippen LogP contribution in [-0.4, -0.2) is 48.2 Å².